The van der Waals surface area contributed by atoms with Gasteiger partial charge < -0.3 is 5.32 Å². The normalized spacial score (nSPS) is 10.1. The van der Waals surface area contributed by atoms with Crippen LogP contribution in [0.25, 0.3) is 0 Å². The Morgan fingerprint density at radius 3 is 2.50 bits per heavy atom. The Labute approximate surface area is 113 Å². The zero-order chi connectivity index (χ0) is 13.0. The van der Waals surface area contributed by atoms with Crippen molar-refractivity contribution in [3.05, 3.63) is 46.7 Å². The topological polar surface area (TPSA) is 67.8 Å². The summed E-state index contributed by atoms with van der Waals surface area (Å²) < 4.78 is 0. The zero-order valence-corrected chi connectivity index (χ0v) is 10.6. The van der Waals surface area contributed by atoms with Crippen LogP contribution < -0.4 is 5.32 Å². The van der Waals surface area contributed by atoms with E-state index in [0.29, 0.717) is 5.69 Å². The van der Waals surface area contributed by atoms with Crippen molar-refractivity contribution in [3.8, 4) is 0 Å². The predicted molar refractivity (Wildman–Crippen MR) is 68.6 cm³/mol. The van der Waals surface area contributed by atoms with Gasteiger partial charge in [0.15, 0.2) is 10.3 Å². The third kappa shape index (κ3) is 3.15. The van der Waals surface area contributed by atoms with Crippen LogP contribution in [0, 0.1) is 0 Å². The van der Waals surface area contributed by atoms with Crippen LogP contribution in [0.15, 0.2) is 30.7 Å². The molecule has 0 aliphatic heterocycles. The maximum absolute atomic E-state index is 11.8. The molecule has 0 radical (unpaired) electrons. The minimum absolute atomic E-state index is 0.101. The van der Waals surface area contributed by atoms with E-state index in [1.165, 1.54) is 6.33 Å². The number of hydrogen-bond acceptors (Lipinski definition) is 4. The van der Waals surface area contributed by atoms with Crippen LogP contribution in [0.4, 0.5) is 5.69 Å². The zero-order valence-electron chi connectivity index (χ0n) is 9.10. The first-order valence-electron chi connectivity index (χ1n) is 5.02. The molecule has 0 saturated heterocycles. The van der Waals surface area contributed by atoms with Crippen molar-refractivity contribution in [1.29, 1.82) is 0 Å². The molecular weight excluding hydrogens is 275 g/mol. The minimum Gasteiger partial charge on any atom is -0.321 e. The molecular formula is C11H8Cl2N4O. The second kappa shape index (κ2) is 5.75. The summed E-state index contributed by atoms with van der Waals surface area (Å²) in [7, 11) is 0. The van der Waals surface area contributed by atoms with Gasteiger partial charge in [-0.1, -0.05) is 29.3 Å². The molecule has 18 heavy (non-hydrogen) atoms. The molecule has 0 aromatic carbocycles. The van der Waals surface area contributed by atoms with E-state index < -0.39 is 0 Å². The molecule has 2 heterocycles. The highest BCUT2D eigenvalue weighted by atomic mass is 35.5. The number of pyridine rings is 1. The van der Waals surface area contributed by atoms with Gasteiger partial charge >= 0.3 is 0 Å². The second-order valence-corrected chi connectivity index (χ2v) is 4.09. The molecule has 0 spiro atoms. The van der Waals surface area contributed by atoms with E-state index in [2.05, 4.69) is 20.3 Å². The summed E-state index contributed by atoms with van der Waals surface area (Å²) in [6, 6.07) is 5.34. The Morgan fingerprint density at radius 2 is 1.89 bits per heavy atom. The molecule has 0 bridgehead atoms. The van der Waals surface area contributed by atoms with Crippen LogP contribution in [-0.2, 0) is 11.2 Å². The van der Waals surface area contributed by atoms with Gasteiger partial charge in [-0.2, -0.15) is 0 Å². The molecule has 2 aromatic heterocycles. The fourth-order valence-electron chi connectivity index (χ4n) is 1.30. The predicted octanol–water partition coefficient (Wildman–Crippen LogP) is 2.36. The number of aromatic nitrogens is 3. The first-order valence-corrected chi connectivity index (χ1v) is 5.78. The lowest BCUT2D eigenvalue weighted by Gasteiger charge is -2.07. The summed E-state index contributed by atoms with van der Waals surface area (Å²) in [5.74, 6) is -0.285. The summed E-state index contributed by atoms with van der Waals surface area (Å²) in [6.45, 7) is 0. The van der Waals surface area contributed by atoms with E-state index in [-0.39, 0.29) is 28.3 Å². The number of carbonyl (C=O) groups is 1. The van der Waals surface area contributed by atoms with E-state index in [1.54, 1.807) is 24.4 Å². The van der Waals surface area contributed by atoms with Crippen molar-refractivity contribution < 1.29 is 4.79 Å². The van der Waals surface area contributed by atoms with Gasteiger partial charge in [0.1, 0.15) is 12.0 Å². The highest BCUT2D eigenvalue weighted by molar-refractivity contribution is 6.38. The number of hydrogen-bond donors (Lipinski definition) is 1. The van der Waals surface area contributed by atoms with Crippen LogP contribution in [0.5, 0.6) is 0 Å². The summed E-state index contributed by atoms with van der Waals surface area (Å²) in [6.07, 6.45) is 2.97. The van der Waals surface area contributed by atoms with E-state index in [9.17, 15) is 4.79 Å². The Balaban J connectivity index is 2.08. The quantitative estimate of drug-likeness (QED) is 0.878. The SMILES string of the molecule is O=C(Cc1ccccn1)Nc1c(Cl)ncnc1Cl. The van der Waals surface area contributed by atoms with Gasteiger partial charge in [-0.25, -0.2) is 9.97 Å². The molecule has 0 saturated carbocycles. The molecule has 0 atom stereocenters. The molecule has 1 N–H and O–H groups in total. The van der Waals surface area contributed by atoms with Crippen molar-refractivity contribution in [3.63, 3.8) is 0 Å². The van der Waals surface area contributed by atoms with E-state index in [0.717, 1.165) is 0 Å². The third-order valence-electron chi connectivity index (χ3n) is 2.09. The van der Waals surface area contributed by atoms with Gasteiger partial charge in [-0.05, 0) is 12.1 Å². The van der Waals surface area contributed by atoms with Crippen LogP contribution in [0.1, 0.15) is 5.69 Å². The highest BCUT2D eigenvalue weighted by Gasteiger charge is 2.12. The standard InChI is InChI=1S/C11H8Cl2N4O/c12-10-9(11(13)16-6-15-10)17-8(18)5-7-3-1-2-4-14-7/h1-4,6H,5H2,(H,17,18). The third-order valence-corrected chi connectivity index (χ3v) is 2.66. The van der Waals surface area contributed by atoms with Crippen molar-refractivity contribution in [2.45, 2.75) is 6.42 Å². The largest absolute Gasteiger partial charge is 0.321 e. The minimum atomic E-state index is -0.285. The molecule has 0 fully saturated rings. The Bertz CT molecular complexity index is 542. The number of amides is 1. The summed E-state index contributed by atoms with van der Waals surface area (Å²) in [5, 5.41) is 2.76. The second-order valence-electron chi connectivity index (χ2n) is 3.38. The highest BCUT2D eigenvalue weighted by Crippen LogP contribution is 2.25. The number of rotatable bonds is 3. The van der Waals surface area contributed by atoms with Crippen molar-refractivity contribution >= 4 is 34.8 Å². The molecule has 2 aromatic rings. The first kappa shape index (κ1) is 12.7. The van der Waals surface area contributed by atoms with Crippen molar-refractivity contribution in [2.24, 2.45) is 0 Å². The summed E-state index contributed by atoms with van der Waals surface area (Å²) in [4.78, 5) is 23.3. The number of nitrogens with zero attached hydrogens (tertiary/aromatic N) is 3. The average Bonchev–Trinajstić information content (AvgIpc) is 2.35. The fraction of sp³-hybridized carbons (Fsp3) is 0.0909. The Hall–Kier alpha value is -1.72. The Kier molecular flexibility index (Phi) is 4.07. The van der Waals surface area contributed by atoms with Crippen LogP contribution in [0.2, 0.25) is 10.3 Å². The van der Waals surface area contributed by atoms with E-state index in [4.69, 9.17) is 23.2 Å². The lowest BCUT2D eigenvalue weighted by molar-refractivity contribution is -0.115. The average molecular weight is 283 g/mol. The molecule has 0 unspecified atom stereocenters. The molecule has 1 amide bonds. The van der Waals surface area contributed by atoms with Crippen LogP contribution in [-0.4, -0.2) is 20.9 Å². The maximum atomic E-state index is 11.8. The van der Waals surface area contributed by atoms with Crippen molar-refractivity contribution in [2.75, 3.05) is 5.32 Å². The molecule has 7 heteroatoms. The smallest absolute Gasteiger partial charge is 0.230 e. The van der Waals surface area contributed by atoms with Gasteiger partial charge in [-0.15, -0.1) is 0 Å². The van der Waals surface area contributed by atoms with Crippen LogP contribution >= 0.6 is 23.2 Å². The summed E-state index contributed by atoms with van der Waals surface area (Å²) in [5.41, 5.74) is 0.862. The first-order chi connectivity index (χ1) is 8.66. The molecule has 0 aliphatic carbocycles. The van der Waals surface area contributed by atoms with Gasteiger partial charge in [0.2, 0.25) is 5.91 Å². The van der Waals surface area contributed by atoms with E-state index in [1.807, 2.05) is 0 Å². The van der Waals surface area contributed by atoms with E-state index >= 15 is 0 Å². The monoisotopic (exact) mass is 282 g/mol. The van der Waals surface area contributed by atoms with Gasteiger partial charge in [0.05, 0.1) is 6.42 Å². The lowest BCUT2D eigenvalue weighted by Crippen LogP contribution is -2.16. The number of halogens is 2. The summed E-state index contributed by atoms with van der Waals surface area (Å²) >= 11 is 11.6. The number of carbonyl (C=O) groups excluding carboxylic acids is 1. The number of anilines is 1. The van der Waals surface area contributed by atoms with Gasteiger partial charge in [-0.3, -0.25) is 9.78 Å². The van der Waals surface area contributed by atoms with Gasteiger partial charge in [0, 0.05) is 11.9 Å². The molecule has 0 aliphatic rings. The lowest BCUT2D eigenvalue weighted by atomic mass is 10.2. The Morgan fingerprint density at radius 1 is 1.17 bits per heavy atom. The van der Waals surface area contributed by atoms with Crippen molar-refractivity contribution in [1.82, 2.24) is 15.0 Å². The molecule has 5 nitrogen and oxygen atoms in total. The maximum Gasteiger partial charge on any atom is 0.230 e. The molecule has 92 valence electrons. The molecule has 2 rings (SSSR count). The number of nitrogens with one attached hydrogen (secondary N) is 1. The van der Waals surface area contributed by atoms with Gasteiger partial charge in [0.25, 0.3) is 0 Å². The van der Waals surface area contributed by atoms with Crippen LogP contribution in [0.3, 0.4) is 0 Å². The fourth-order valence-corrected chi connectivity index (χ4v) is 1.71.